The van der Waals surface area contributed by atoms with Gasteiger partial charge in [0, 0.05) is 62.0 Å². The van der Waals surface area contributed by atoms with Crippen LogP contribution < -0.4 is 5.32 Å². The van der Waals surface area contributed by atoms with Crippen molar-refractivity contribution in [2.75, 3.05) is 31.7 Å². The number of anilines is 1. The number of hydrogen-bond donors (Lipinski definition) is 2. The molecule has 1 aromatic rings. The van der Waals surface area contributed by atoms with Gasteiger partial charge in [0.05, 0.1) is 11.9 Å². The van der Waals surface area contributed by atoms with Crippen LogP contribution in [-0.2, 0) is 13.3 Å². The van der Waals surface area contributed by atoms with E-state index in [-0.39, 0.29) is 29.6 Å². The Kier molecular flexibility index (Phi) is 12.6. The van der Waals surface area contributed by atoms with Crippen LogP contribution in [0.25, 0.3) is 0 Å². The summed E-state index contributed by atoms with van der Waals surface area (Å²) >= 11 is 5.11. The molecule has 0 spiro atoms. The van der Waals surface area contributed by atoms with Crippen LogP contribution in [0.4, 0.5) is 5.69 Å². The zero-order valence-electron chi connectivity index (χ0n) is 13.8. The summed E-state index contributed by atoms with van der Waals surface area (Å²) in [6.45, 7) is 8.41. The average molecular weight is 355 g/mol. The molecule has 0 saturated heterocycles. The zero-order valence-corrected chi connectivity index (χ0v) is 17.7. The van der Waals surface area contributed by atoms with Gasteiger partial charge in [0.25, 0.3) is 0 Å². The molecule has 1 heterocycles. The molecule has 0 unspecified atom stereocenters. The zero-order chi connectivity index (χ0) is 15.6. The Labute approximate surface area is 160 Å². The van der Waals surface area contributed by atoms with Crippen molar-refractivity contribution in [1.29, 1.82) is 0 Å². The summed E-state index contributed by atoms with van der Waals surface area (Å²) in [6.07, 6.45) is 2.47. The molecule has 0 fully saturated rings. The van der Waals surface area contributed by atoms with Gasteiger partial charge in [-0.2, -0.15) is 0 Å². The number of aromatic amines is 1. The van der Waals surface area contributed by atoms with E-state index in [1.54, 1.807) is 6.20 Å². The fourth-order valence-electron chi connectivity index (χ4n) is 1.93. The van der Waals surface area contributed by atoms with Crippen molar-refractivity contribution in [3.05, 3.63) is 10.8 Å². The molecule has 7 nitrogen and oxygen atoms in total. The summed E-state index contributed by atoms with van der Waals surface area (Å²) in [5.41, 5.74) is 0.775. The third-order valence-corrected chi connectivity index (χ3v) is 6.17. The quantitative estimate of drug-likeness (QED) is 0.357. The smallest absolute Gasteiger partial charge is 0.381 e. The molecule has 0 atom stereocenters. The topological polar surface area (TPSA) is 81.3 Å². The largest absolute Gasteiger partial charge is 0.500 e. The molecule has 1 rings (SSSR count). The minimum atomic E-state index is -2.55. The van der Waals surface area contributed by atoms with Crippen LogP contribution >= 0.6 is 12.2 Å². The third-order valence-electron chi connectivity index (χ3n) is 2.71. The van der Waals surface area contributed by atoms with E-state index < -0.39 is 8.80 Å². The number of hydrogen-bond acceptors (Lipinski definition) is 7. The minimum absolute atomic E-state index is 0. The summed E-state index contributed by atoms with van der Waals surface area (Å²) in [5, 5.41) is 13.2. The van der Waals surface area contributed by atoms with Crippen LogP contribution in [0.2, 0.25) is 6.04 Å². The van der Waals surface area contributed by atoms with Gasteiger partial charge < -0.3 is 18.6 Å². The summed E-state index contributed by atoms with van der Waals surface area (Å²) in [5.74, 6) is 0. The van der Waals surface area contributed by atoms with E-state index in [0.717, 1.165) is 24.7 Å². The molecule has 0 amide bonds. The van der Waals surface area contributed by atoms with Crippen LogP contribution in [0.15, 0.2) is 6.20 Å². The van der Waals surface area contributed by atoms with Gasteiger partial charge in [0.15, 0.2) is 0 Å². The second kappa shape index (κ2) is 12.5. The number of nitrogens with zero attached hydrogens (tertiary/aromatic N) is 2. The molecule has 0 bridgehead atoms. The molecule has 0 aliphatic carbocycles. The molecular weight excluding hydrogens is 331 g/mol. The standard InChI is InChI=1S/C12H24N4O3SSi.Na/c1-4-17-21(18-5-2,19-6-3)9-7-8-13-11-10-14-16-15-12(11)20;/h10H,4-9H2,1-3H3,(H,13,16)(H,14,15,20);. The van der Waals surface area contributed by atoms with E-state index >= 15 is 0 Å². The van der Waals surface area contributed by atoms with Gasteiger partial charge in [0.2, 0.25) is 0 Å². The predicted molar refractivity (Wildman–Crippen MR) is 91.5 cm³/mol. The summed E-state index contributed by atoms with van der Waals surface area (Å²) in [7, 11) is -2.55. The van der Waals surface area contributed by atoms with Crippen molar-refractivity contribution in [3.8, 4) is 0 Å². The molecule has 10 heteroatoms. The van der Waals surface area contributed by atoms with Crippen LogP contribution in [0.5, 0.6) is 0 Å². The summed E-state index contributed by atoms with van der Waals surface area (Å²) in [4.78, 5) is 0. The van der Waals surface area contributed by atoms with E-state index in [0.29, 0.717) is 24.5 Å². The van der Waals surface area contributed by atoms with Crippen molar-refractivity contribution < 1.29 is 13.3 Å². The van der Waals surface area contributed by atoms with E-state index in [2.05, 4.69) is 20.7 Å². The fraction of sp³-hybridized carbons (Fsp3) is 0.750. The average Bonchev–Trinajstić information content (AvgIpc) is 2.46. The van der Waals surface area contributed by atoms with Gasteiger partial charge in [-0.25, -0.2) is 5.10 Å². The third kappa shape index (κ3) is 7.60. The number of aromatic nitrogens is 3. The first kappa shape index (κ1) is 22.1. The second-order valence-corrected chi connectivity index (χ2v) is 7.35. The van der Waals surface area contributed by atoms with Crippen molar-refractivity contribution >= 4 is 56.3 Å². The molecule has 1 radical (unpaired) electrons. The Morgan fingerprint density at radius 3 is 2.27 bits per heavy atom. The molecule has 2 N–H and O–H groups in total. The van der Waals surface area contributed by atoms with Gasteiger partial charge >= 0.3 is 8.80 Å². The molecule has 1 aromatic heterocycles. The molecular formula is C12H24N4NaO3SSi. The van der Waals surface area contributed by atoms with E-state index in [1.807, 2.05) is 20.8 Å². The maximum atomic E-state index is 5.80. The Bertz CT molecular complexity index is 449. The Morgan fingerprint density at radius 1 is 1.18 bits per heavy atom. The number of nitrogens with one attached hydrogen (secondary N) is 2. The number of H-pyrrole nitrogens is 1. The molecule has 22 heavy (non-hydrogen) atoms. The van der Waals surface area contributed by atoms with Crippen molar-refractivity contribution in [1.82, 2.24) is 15.4 Å². The Balaban J connectivity index is 0.00000441. The van der Waals surface area contributed by atoms with Gasteiger partial charge in [-0.1, -0.05) is 17.4 Å². The SMILES string of the molecule is CCO[Si](CCCNc1cnn[nH]c1=S)(OCC)OCC.[Na]. The Morgan fingerprint density at radius 2 is 1.77 bits per heavy atom. The van der Waals surface area contributed by atoms with Crippen LogP contribution in [0.3, 0.4) is 0 Å². The van der Waals surface area contributed by atoms with Gasteiger partial charge in [0.1, 0.15) is 4.64 Å². The molecule has 0 saturated carbocycles. The maximum absolute atomic E-state index is 5.80. The van der Waals surface area contributed by atoms with Crippen molar-refractivity contribution in [2.24, 2.45) is 0 Å². The van der Waals surface area contributed by atoms with E-state index in [1.165, 1.54) is 0 Å². The van der Waals surface area contributed by atoms with Crippen LogP contribution in [0, 0.1) is 4.64 Å². The maximum Gasteiger partial charge on any atom is 0.500 e. The number of rotatable bonds is 11. The second-order valence-electron chi connectivity index (χ2n) is 4.21. The molecule has 0 aliphatic heterocycles. The van der Waals surface area contributed by atoms with Crippen molar-refractivity contribution in [2.45, 2.75) is 33.2 Å². The summed E-state index contributed by atoms with van der Waals surface area (Å²) in [6, 6.07) is 0.768. The first-order chi connectivity index (χ1) is 10.2. The molecule has 0 aromatic carbocycles. The van der Waals surface area contributed by atoms with Crippen molar-refractivity contribution in [3.63, 3.8) is 0 Å². The van der Waals surface area contributed by atoms with Gasteiger partial charge in [-0.05, 0) is 27.2 Å². The van der Waals surface area contributed by atoms with Crippen LogP contribution in [0.1, 0.15) is 27.2 Å². The Hall–Kier alpha value is 0.127. The van der Waals surface area contributed by atoms with Gasteiger partial charge in [-0.3, -0.25) is 0 Å². The van der Waals surface area contributed by atoms with E-state index in [4.69, 9.17) is 25.5 Å². The summed E-state index contributed by atoms with van der Waals surface area (Å²) < 4.78 is 18.0. The predicted octanol–water partition coefficient (Wildman–Crippen LogP) is 2.00. The van der Waals surface area contributed by atoms with Gasteiger partial charge in [-0.15, -0.1) is 5.10 Å². The minimum Gasteiger partial charge on any atom is -0.381 e. The fourth-order valence-corrected chi connectivity index (χ4v) is 4.71. The molecule has 121 valence electrons. The normalized spacial score (nSPS) is 11.0. The monoisotopic (exact) mass is 355 g/mol. The first-order valence-electron chi connectivity index (χ1n) is 7.23. The molecule has 0 aliphatic rings. The first-order valence-corrected chi connectivity index (χ1v) is 9.57. The van der Waals surface area contributed by atoms with Crippen LogP contribution in [-0.4, -0.2) is 80.1 Å². The van der Waals surface area contributed by atoms with E-state index in [9.17, 15) is 0 Å².